The number of amides is 1. The first-order valence-corrected chi connectivity index (χ1v) is 8.47. The molecular weight excluding hydrogens is 316 g/mol. The van der Waals surface area contributed by atoms with Gasteiger partial charge in [0.05, 0.1) is 30.4 Å². The van der Waals surface area contributed by atoms with Gasteiger partial charge in [0.1, 0.15) is 5.92 Å². The van der Waals surface area contributed by atoms with Crippen LogP contribution in [-0.4, -0.2) is 37.6 Å². The molecule has 1 aromatic rings. The van der Waals surface area contributed by atoms with Gasteiger partial charge in [0.2, 0.25) is 0 Å². The molecule has 0 aliphatic carbocycles. The first-order chi connectivity index (χ1) is 11.0. The van der Waals surface area contributed by atoms with Gasteiger partial charge < -0.3 is 15.0 Å². The molecule has 1 saturated heterocycles. The summed E-state index contributed by atoms with van der Waals surface area (Å²) < 4.78 is 5.11. The van der Waals surface area contributed by atoms with Crippen LogP contribution < -0.4 is 10.2 Å². The number of nitrogens with one attached hydrogen (secondary N) is 2. The molecule has 1 unspecified atom stereocenters. The molecule has 0 spiro atoms. The first kappa shape index (κ1) is 17.8. The van der Waals surface area contributed by atoms with E-state index >= 15 is 0 Å². The molecule has 126 valence electrons. The van der Waals surface area contributed by atoms with Crippen molar-refractivity contribution in [2.75, 3.05) is 25.0 Å². The van der Waals surface area contributed by atoms with E-state index in [1.807, 2.05) is 26.0 Å². The Labute approximate surface area is 141 Å². The maximum absolute atomic E-state index is 12.5. The van der Waals surface area contributed by atoms with E-state index in [2.05, 4.69) is 5.32 Å². The summed E-state index contributed by atoms with van der Waals surface area (Å²) in [5.74, 6) is -0.352. The van der Waals surface area contributed by atoms with Crippen molar-refractivity contribution in [2.24, 2.45) is 5.92 Å². The van der Waals surface area contributed by atoms with Crippen molar-refractivity contribution >= 4 is 29.2 Å². The number of likely N-dealkylation sites (tertiary alicyclic amines) is 1. The van der Waals surface area contributed by atoms with Crippen molar-refractivity contribution < 1.29 is 19.2 Å². The summed E-state index contributed by atoms with van der Waals surface area (Å²) in [5, 5.41) is 3.39. The highest BCUT2D eigenvalue weighted by molar-refractivity contribution is 6.33. The molecule has 1 aliphatic heterocycles. The van der Waals surface area contributed by atoms with Crippen LogP contribution in [0.4, 0.5) is 5.69 Å². The van der Waals surface area contributed by atoms with Crippen LogP contribution in [0.2, 0.25) is 5.02 Å². The molecule has 0 saturated carbocycles. The number of para-hydroxylation sites is 1. The van der Waals surface area contributed by atoms with Gasteiger partial charge in [-0.2, -0.15) is 0 Å². The number of carbonyl (C=O) groups is 2. The number of hydrogen-bond donors (Lipinski definition) is 2. The lowest BCUT2D eigenvalue weighted by molar-refractivity contribution is -0.921. The predicted octanol–water partition coefficient (Wildman–Crippen LogP) is 1.53. The van der Waals surface area contributed by atoms with Crippen molar-refractivity contribution in [2.45, 2.75) is 32.7 Å². The minimum absolute atomic E-state index is 0.0855. The van der Waals surface area contributed by atoms with Gasteiger partial charge in [-0.25, -0.2) is 0 Å². The third-order valence-corrected chi connectivity index (χ3v) is 4.65. The number of piperidine rings is 1. The second-order valence-electron chi connectivity index (χ2n) is 5.89. The van der Waals surface area contributed by atoms with Gasteiger partial charge in [0.15, 0.2) is 6.04 Å². The number of hydrogen-bond acceptors (Lipinski definition) is 3. The predicted molar refractivity (Wildman–Crippen MR) is 89.6 cm³/mol. The number of esters is 1. The number of halogens is 1. The van der Waals surface area contributed by atoms with Crippen molar-refractivity contribution in [3.63, 3.8) is 0 Å². The fourth-order valence-corrected chi connectivity index (χ4v) is 3.12. The number of rotatable bonds is 5. The van der Waals surface area contributed by atoms with Gasteiger partial charge in [0.25, 0.3) is 5.91 Å². The fraction of sp³-hybridized carbons (Fsp3) is 0.529. The van der Waals surface area contributed by atoms with Crippen LogP contribution in [-0.2, 0) is 14.3 Å². The Morgan fingerprint density at radius 1 is 1.43 bits per heavy atom. The zero-order valence-corrected chi connectivity index (χ0v) is 14.4. The molecule has 0 radical (unpaired) electrons. The van der Waals surface area contributed by atoms with Crippen molar-refractivity contribution in [3.05, 3.63) is 29.3 Å². The minimum atomic E-state index is -0.247. The highest BCUT2D eigenvalue weighted by atomic mass is 35.5. The SMILES string of the molecule is CCOC(=O)[C@H]1CCC[NH+]([C@@H](C)C(=O)Nc2ccccc2Cl)C1. The van der Waals surface area contributed by atoms with Gasteiger partial charge in [-0.15, -0.1) is 0 Å². The number of ether oxygens (including phenoxy) is 1. The van der Waals surface area contributed by atoms with Crippen LogP contribution in [0.1, 0.15) is 26.7 Å². The summed E-state index contributed by atoms with van der Waals surface area (Å²) in [7, 11) is 0. The smallest absolute Gasteiger partial charge is 0.314 e. The van der Waals surface area contributed by atoms with E-state index in [0.717, 1.165) is 24.3 Å². The molecule has 1 fully saturated rings. The normalized spacial score (nSPS) is 22.2. The minimum Gasteiger partial charge on any atom is -0.466 e. The van der Waals surface area contributed by atoms with E-state index in [0.29, 0.717) is 23.9 Å². The average Bonchev–Trinajstić information content (AvgIpc) is 2.56. The maximum atomic E-state index is 12.5. The molecule has 1 aromatic carbocycles. The molecular formula is C17H24ClN2O3+. The summed E-state index contributed by atoms with van der Waals surface area (Å²) >= 11 is 6.08. The number of carbonyl (C=O) groups excluding carboxylic acids is 2. The molecule has 0 aromatic heterocycles. The summed E-state index contributed by atoms with van der Waals surface area (Å²) in [6, 6.07) is 6.92. The lowest BCUT2D eigenvalue weighted by Crippen LogP contribution is -3.18. The van der Waals surface area contributed by atoms with Gasteiger partial charge >= 0.3 is 5.97 Å². The second kappa shape index (κ2) is 8.31. The van der Waals surface area contributed by atoms with Gasteiger partial charge in [0, 0.05) is 0 Å². The summed E-state index contributed by atoms with van der Waals surface area (Å²) in [6.45, 7) is 5.61. The quantitative estimate of drug-likeness (QED) is 0.800. The zero-order valence-electron chi connectivity index (χ0n) is 13.6. The lowest BCUT2D eigenvalue weighted by Gasteiger charge is -2.32. The van der Waals surface area contributed by atoms with Crippen molar-refractivity contribution in [1.82, 2.24) is 0 Å². The molecule has 1 heterocycles. The van der Waals surface area contributed by atoms with Crippen molar-refractivity contribution in [3.8, 4) is 0 Å². The maximum Gasteiger partial charge on any atom is 0.314 e. The van der Waals surface area contributed by atoms with E-state index < -0.39 is 0 Å². The number of anilines is 1. The standard InChI is InChI=1S/C17H23ClN2O3/c1-3-23-17(22)13-7-6-10-20(11-13)12(2)16(21)19-15-9-5-4-8-14(15)18/h4-5,8-9,12-13H,3,6-7,10-11H2,1-2H3,(H,19,21)/p+1/t12-,13-/m0/s1. The Balaban J connectivity index is 1.96. The van der Waals surface area contributed by atoms with Crippen LogP contribution in [0.5, 0.6) is 0 Å². The molecule has 1 aliphatic rings. The topological polar surface area (TPSA) is 59.8 Å². The van der Waals surface area contributed by atoms with Gasteiger partial charge in [-0.05, 0) is 38.8 Å². The molecule has 5 nitrogen and oxygen atoms in total. The second-order valence-corrected chi connectivity index (χ2v) is 6.30. The largest absolute Gasteiger partial charge is 0.466 e. The van der Waals surface area contributed by atoms with Gasteiger partial charge in [-0.3, -0.25) is 9.59 Å². The zero-order chi connectivity index (χ0) is 16.8. The van der Waals surface area contributed by atoms with E-state index in [4.69, 9.17) is 16.3 Å². The number of benzene rings is 1. The van der Waals surface area contributed by atoms with E-state index in [1.165, 1.54) is 0 Å². The number of quaternary nitrogens is 1. The van der Waals surface area contributed by atoms with E-state index in [-0.39, 0.29) is 23.8 Å². The highest BCUT2D eigenvalue weighted by Gasteiger charge is 2.34. The van der Waals surface area contributed by atoms with E-state index in [9.17, 15) is 9.59 Å². The molecule has 1 amide bonds. The Morgan fingerprint density at radius 2 is 2.17 bits per heavy atom. The van der Waals surface area contributed by atoms with Crippen LogP contribution in [0.15, 0.2) is 24.3 Å². The van der Waals surface area contributed by atoms with Gasteiger partial charge in [-0.1, -0.05) is 23.7 Å². The summed E-state index contributed by atoms with van der Waals surface area (Å²) in [6.07, 6.45) is 1.75. The molecule has 0 bridgehead atoms. The summed E-state index contributed by atoms with van der Waals surface area (Å²) in [4.78, 5) is 25.5. The Kier molecular flexibility index (Phi) is 6.42. The molecule has 6 heteroatoms. The van der Waals surface area contributed by atoms with E-state index in [1.54, 1.807) is 12.1 Å². The first-order valence-electron chi connectivity index (χ1n) is 8.09. The lowest BCUT2D eigenvalue weighted by atomic mass is 9.97. The van der Waals surface area contributed by atoms with Crippen LogP contribution in [0.3, 0.4) is 0 Å². The monoisotopic (exact) mass is 339 g/mol. The summed E-state index contributed by atoms with van der Waals surface area (Å²) in [5.41, 5.74) is 0.615. The molecule has 2 rings (SSSR count). The van der Waals surface area contributed by atoms with Crippen LogP contribution in [0.25, 0.3) is 0 Å². The molecule has 23 heavy (non-hydrogen) atoms. The van der Waals surface area contributed by atoms with Crippen molar-refractivity contribution in [1.29, 1.82) is 0 Å². The Morgan fingerprint density at radius 3 is 2.87 bits per heavy atom. The average molecular weight is 340 g/mol. The van der Waals surface area contributed by atoms with Crippen LogP contribution in [0, 0.1) is 5.92 Å². The fourth-order valence-electron chi connectivity index (χ4n) is 2.94. The Bertz CT molecular complexity index is 565. The molecule has 2 N–H and O–H groups in total. The third-order valence-electron chi connectivity index (χ3n) is 4.32. The third kappa shape index (κ3) is 4.69. The highest BCUT2D eigenvalue weighted by Crippen LogP contribution is 2.20. The van der Waals surface area contributed by atoms with Crippen LogP contribution >= 0.6 is 11.6 Å². The molecule has 3 atom stereocenters. The Hall–Kier alpha value is -1.59.